The summed E-state index contributed by atoms with van der Waals surface area (Å²) in [5, 5.41) is 5.30. The molecular formula is C17H14ClOS. The average Bonchev–Trinajstić information content (AvgIpc) is 2.83. The molecular weight excluding hydrogens is 288 g/mol. The minimum atomic E-state index is 0.776. The predicted molar refractivity (Wildman–Crippen MR) is 87.1 cm³/mol. The maximum atomic E-state index is 6.28. The van der Waals surface area contributed by atoms with Crippen molar-refractivity contribution in [1.29, 1.82) is 0 Å². The normalized spacial score (nSPS) is 11.0. The molecule has 3 rings (SSSR count). The average molecular weight is 302 g/mol. The first-order chi connectivity index (χ1) is 9.61. The quantitative estimate of drug-likeness (QED) is 0.594. The Morgan fingerprint density at radius 2 is 1.95 bits per heavy atom. The van der Waals surface area contributed by atoms with Crippen LogP contribution in [0.3, 0.4) is 0 Å². The molecule has 0 spiro atoms. The molecule has 0 aliphatic heterocycles. The molecule has 101 valence electrons. The molecule has 1 nitrogen and oxygen atoms in total. The zero-order valence-electron chi connectivity index (χ0n) is 11.6. The third kappa shape index (κ3) is 2.09. The zero-order valence-corrected chi connectivity index (χ0v) is 13.2. The highest BCUT2D eigenvalue weighted by atomic mass is 35.5. The summed E-state index contributed by atoms with van der Waals surface area (Å²) in [6.45, 7) is 4.09. The molecule has 3 heteroatoms. The molecule has 3 aromatic rings. The summed E-state index contributed by atoms with van der Waals surface area (Å²) in [4.78, 5) is 0. The van der Waals surface area contributed by atoms with E-state index >= 15 is 0 Å². The van der Waals surface area contributed by atoms with Crippen molar-refractivity contribution in [3.05, 3.63) is 51.9 Å². The van der Waals surface area contributed by atoms with Crippen LogP contribution in [0, 0.1) is 19.2 Å². The first-order valence-corrected chi connectivity index (χ1v) is 7.55. The summed E-state index contributed by atoms with van der Waals surface area (Å²) in [5.74, 6) is 0.868. The van der Waals surface area contributed by atoms with Gasteiger partial charge in [-0.1, -0.05) is 23.7 Å². The van der Waals surface area contributed by atoms with Gasteiger partial charge in [0.05, 0.1) is 7.11 Å². The lowest BCUT2D eigenvalue weighted by atomic mass is 9.98. The van der Waals surface area contributed by atoms with Gasteiger partial charge >= 0.3 is 0 Å². The Kier molecular flexibility index (Phi) is 3.45. The van der Waals surface area contributed by atoms with E-state index in [9.17, 15) is 0 Å². The van der Waals surface area contributed by atoms with Gasteiger partial charge in [0.2, 0.25) is 0 Å². The molecule has 0 aliphatic rings. The predicted octanol–water partition coefficient (Wildman–Crippen LogP) is 5.65. The summed E-state index contributed by atoms with van der Waals surface area (Å²) < 4.78 is 6.77. The fourth-order valence-electron chi connectivity index (χ4n) is 2.41. The van der Waals surface area contributed by atoms with Gasteiger partial charge in [-0.05, 0) is 48.7 Å². The van der Waals surface area contributed by atoms with E-state index in [4.69, 9.17) is 16.3 Å². The van der Waals surface area contributed by atoms with Gasteiger partial charge in [0.15, 0.2) is 0 Å². The van der Waals surface area contributed by atoms with Crippen LogP contribution in [0.25, 0.3) is 21.2 Å². The molecule has 0 N–H and O–H groups in total. The summed E-state index contributed by atoms with van der Waals surface area (Å²) in [7, 11) is 1.70. The highest BCUT2D eigenvalue weighted by Gasteiger charge is 2.14. The summed E-state index contributed by atoms with van der Waals surface area (Å²) in [5.41, 5.74) is 4.41. The molecule has 1 radical (unpaired) electrons. The van der Waals surface area contributed by atoms with Crippen LogP contribution < -0.4 is 4.74 Å². The van der Waals surface area contributed by atoms with E-state index in [-0.39, 0.29) is 0 Å². The van der Waals surface area contributed by atoms with E-state index < -0.39 is 0 Å². The molecule has 0 fully saturated rings. The number of hydrogen-bond acceptors (Lipinski definition) is 2. The number of aryl methyl sites for hydroxylation is 2. The second-order valence-electron chi connectivity index (χ2n) is 4.81. The Hall–Kier alpha value is -1.51. The van der Waals surface area contributed by atoms with Crippen molar-refractivity contribution in [1.82, 2.24) is 0 Å². The highest BCUT2D eigenvalue weighted by molar-refractivity contribution is 7.17. The van der Waals surface area contributed by atoms with Crippen molar-refractivity contribution in [2.24, 2.45) is 0 Å². The Morgan fingerprint density at radius 1 is 1.15 bits per heavy atom. The number of rotatable bonds is 2. The summed E-state index contributed by atoms with van der Waals surface area (Å²) >= 11 is 7.91. The van der Waals surface area contributed by atoms with E-state index in [0.29, 0.717) is 0 Å². The molecule has 0 bridgehead atoms. The topological polar surface area (TPSA) is 9.23 Å². The first-order valence-electron chi connectivity index (χ1n) is 6.36. The monoisotopic (exact) mass is 301 g/mol. The molecule has 0 saturated carbocycles. The highest BCUT2D eigenvalue weighted by Crippen LogP contribution is 2.41. The van der Waals surface area contributed by atoms with Gasteiger partial charge < -0.3 is 4.74 Å². The third-order valence-corrected chi connectivity index (χ3v) is 4.87. The maximum absolute atomic E-state index is 6.28. The second kappa shape index (κ2) is 5.12. The smallest absolute Gasteiger partial charge is 0.127 e. The SMILES string of the molecule is COc1ccc2s[c]c(C)c2c1-c1ccc(C)c(Cl)c1. The molecule has 0 unspecified atom stereocenters. The summed E-state index contributed by atoms with van der Waals surface area (Å²) in [6.07, 6.45) is 0. The van der Waals surface area contributed by atoms with E-state index in [1.807, 2.05) is 25.1 Å². The van der Waals surface area contributed by atoms with Gasteiger partial charge in [0.25, 0.3) is 0 Å². The van der Waals surface area contributed by atoms with Crippen molar-refractivity contribution >= 4 is 33.0 Å². The maximum Gasteiger partial charge on any atom is 0.127 e. The number of fused-ring (bicyclic) bond motifs is 1. The van der Waals surface area contributed by atoms with Gasteiger partial charge in [0.1, 0.15) is 5.75 Å². The number of benzene rings is 2. The van der Waals surface area contributed by atoms with Crippen LogP contribution in [-0.4, -0.2) is 7.11 Å². The summed E-state index contributed by atoms with van der Waals surface area (Å²) in [6, 6.07) is 10.2. The van der Waals surface area contributed by atoms with Crippen LogP contribution in [0.5, 0.6) is 5.75 Å². The fourth-order valence-corrected chi connectivity index (χ4v) is 3.45. The van der Waals surface area contributed by atoms with Crippen LogP contribution in [0.4, 0.5) is 0 Å². The molecule has 0 atom stereocenters. The number of hydrogen-bond donors (Lipinski definition) is 0. The fraction of sp³-hybridized carbons (Fsp3) is 0.176. The van der Waals surface area contributed by atoms with Crippen molar-refractivity contribution in [2.45, 2.75) is 13.8 Å². The molecule has 0 saturated heterocycles. The third-order valence-electron chi connectivity index (χ3n) is 3.50. The molecule has 1 heterocycles. The van der Waals surface area contributed by atoms with E-state index in [0.717, 1.165) is 33.0 Å². The van der Waals surface area contributed by atoms with Crippen molar-refractivity contribution in [3.63, 3.8) is 0 Å². The number of methoxy groups -OCH3 is 1. The van der Waals surface area contributed by atoms with Gasteiger partial charge in [-0.15, -0.1) is 11.3 Å². The van der Waals surface area contributed by atoms with Crippen LogP contribution in [0.1, 0.15) is 11.1 Å². The standard InChI is InChI=1S/C17H14ClOS/c1-10-4-5-12(8-13(10)18)17-14(19-3)6-7-15-16(17)11(2)9-20-15/h4-8H,1-3H3. The minimum Gasteiger partial charge on any atom is -0.496 e. The lowest BCUT2D eigenvalue weighted by Crippen LogP contribution is -1.90. The largest absolute Gasteiger partial charge is 0.496 e. The van der Waals surface area contributed by atoms with E-state index in [1.54, 1.807) is 18.4 Å². The minimum absolute atomic E-state index is 0.776. The molecule has 0 amide bonds. The number of halogens is 1. The van der Waals surface area contributed by atoms with Crippen LogP contribution >= 0.6 is 22.9 Å². The van der Waals surface area contributed by atoms with Gasteiger partial charge in [-0.25, -0.2) is 0 Å². The lowest BCUT2D eigenvalue weighted by molar-refractivity contribution is 0.417. The molecule has 1 aromatic heterocycles. The number of ether oxygens (including phenoxy) is 1. The number of thiophene rings is 1. The first kappa shape index (κ1) is 13.5. The van der Waals surface area contributed by atoms with Crippen LogP contribution in [0.2, 0.25) is 5.02 Å². The van der Waals surface area contributed by atoms with Crippen molar-refractivity contribution < 1.29 is 4.74 Å². The van der Waals surface area contributed by atoms with Gasteiger partial charge in [-0.3, -0.25) is 0 Å². The van der Waals surface area contributed by atoms with Crippen LogP contribution in [-0.2, 0) is 0 Å². The molecule has 20 heavy (non-hydrogen) atoms. The van der Waals surface area contributed by atoms with Gasteiger partial charge in [-0.2, -0.15) is 0 Å². The Morgan fingerprint density at radius 3 is 2.65 bits per heavy atom. The van der Waals surface area contributed by atoms with Crippen molar-refractivity contribution in [3.8, 4) is 16.9 Å². The second-order valence-corrected chi connectivity index (χ2v) is 6.06. The molecule has 0 aliphatic carbocycles. The Bertz CT molecular complexity index is 789. The van der Waals surface area contributed by atoms with Gasteiger partial charge in [0, 0.05) is 26.1 Å². The Labute approximate surface area is 127 Å². The zero-order chi connectivity index (χ0) is 14.3. The van der Waals surface area contributed by atoms with E-state index in [2.05, 4.69) is 24.4 Å². The van der Waals surface area contributed by atoms with Crippen molar-refractivity contribution in [2.75, 3.05) is 7.11 Å². The lowest BCUT2D eigenvalue weighted by Gasteiger charge is -2.12. The Balaban J connectivity index is 2.37. The molecule has 2 aromatic carbocycles. The van der Waals surface area contributed by atoms with Crippen LogP contribution in [0.15, 0.2) is 30.3 Å². The van der Waals surface area contributed by atoms with E-state index in [1.165, 1.54) is 10.1 Å².